The van der Waals surface area contributed by atoms with Crippen LogP contribution in [0.1, 0.15) is 26.2 Å². The first-order chi connectivity index (χ1) is 5.43. The Bertz CT molecular complexity index is 175. The Morgan fingerprint density at radius 3 is 2.82 bits per heavy atom. The molecule has 0 fully saturated rings. The average Bonchev–Trinajstić information content (AvgIpc) is 2.50. The van der Waals surface area contributed by atoms with Crippen LogP contribution in [0.2, 0.25) is 0 Å². The third-order valence-electron chi connectivity index (χ3n) is 1.87. The Labute approximate surface area is 68.9 Å². The average molecular weight is 149 g/mol. The first kappa shape index (κ1) is 8.36. The first-order valence-electron chi connectivity index (χ1n) is 4.21. The van der Waals surface area contributed by atoms with Crippen molar-refractivity contribution in [2.75, 3.05) is 6.54 Å². The molecule has 60 valence electrons. The second kappa shape index (κ2) is 4.98. The zero-order valence-corrected chi connectivity index (χ0v) is 7.06. The van der Waals surface area contributed by atoms with Crippen molar-refractivity contribution < 1.29 is 0 Å². The van der Waals surface area contributed by atoms with Gasteiger partial charge in [0.25, 0.3) is 0 Å². The van der Waals surface area contributed by atoms with Crippen molar-refractivity contribution in [3.05, 3.63) is 12.2 Å². The van der Waals surface area contributed by atoms with E-state index in [9.17, 15) is 0 Å². The van der Waals surface area contributed by atoms with Gasteiger partial charge in [0, 0.05) is 19.0 Å². The molecule has 0 saturated carbocycles. The molecule has 0 unspecified atom stereocenters. The standard InChI is InChI=1S/C10H15N/c1-2-3-6-9-11-10-7-4-5-8-10/h4-5,10-11H,6-9H2,1H3. The molecule has 0 aromatic heterocycles. The maximum atomic E-state index is 3.45. The van der Waals surface area contributed by atoms with Crippen molar-refractivity contribution in [3.63, 3.8) is 0 Å². The quantitative estimate of drug-likeness (QED) is 0.366. The number of rotatable bonds is 3. The zero-order valence-electron chi connectivity index (χ0n) is 7.06. The molecular weight excluding hydrogens is 134 g/mol. The highest BCUT2D eigenvalue weighted by Gasteiger charge is 2.06. The molecule has 0 bridgehead atoms. The third kappa shape index (κ3) is 3.25. The van der Waals surface area contributed by atoms with Crippen LogP contribution in [0.3, 0.4) is 0 Å². The summed E-state index contributed by atoms with van der Waals surface area (Å²) in [6.45, 7) is 2.92. The third-order valence-corrected chi connectivity index (χ3v) is 1.87. The fourth-order valence-corrected chi connectivity index (χ4v) is 1.25. The van der Waals surface area contributed by atoms with Crippen molar-refractivity contribution >= 4 is 0 Å². The lowest BCUT2D eigenvalue weighted by molar-refractivity contribution is 0.547. The molecule has 0 heterocycles. The SMILES string of the molecule is CC#CCCNC1CC=CC1. The van der Waals surface area contributed by atoms with Gasteiger partial charge in [0.1, 0.15) is 0 Å². The van der Waals surface area contributed by atoms with E-state index in [1.54, 1.807) is 0 Å². The summed E-state index contributed by atoms with van der Waals surface area (Å²) in [5.74, 6) is 5.93. The molecule has 1 N–H and O–H groups in total. The minimum Gasteiger partial charge on any atom is -0.312 e. The number of hydrogen-bond donors (Lipinski definition) is 1. The molecule has 0 atom stereocenters. The minimum absolute atomic E-state index is 0.689. The van der Waals surface area contributed by atoms with Gasteiger partial charge >= 0.3 is 0 Å². The Balaban J connectivity index is 1.98. The number of hydrogen-bond acceptors (Lipinski definition) is 1. The second-order valence-electron chi connectivity index (χ2n) is 2.77. The van der Waals surface area contributed by atoms with E-state index in [4.69, 9.17) is 0 Å². The molecule has 1 heteroatoms. The highest BCUT2D eigenvalue weighted by atomic mass is 14.9. The lowest BCUT2D eigenvalue weighted by atomic mass is 10.2. The van der Waals surface area contributed by atoms with E-state index in [2.05, 4.69) is 29.3 Å². The molecule has 11 heavy (non-hydrogen) atoms. The van der Waals surface area contributed by atoms with E-state index in [1.807, 2.05) is 6.92 Å². The predicted molar refractivity (Wildman–Crippen MR) is 48.2 cm³/mol. The highest BCUT2D eigenvalue weighted by molar-refractivity contribution is 4.99. The highest BCUT2D eigenvalue weighted by Crippen LogP contribution is 2.08. The van der Waals surface area contributed by atoms with E-state index in [0.29, 0.717) is 6.04 Å². The van der Waals surface area contributed by atoms with Crippen LogP contribution < -0.4 is 5.32 Å². The lowest BCUT2D eigenvalue weighted by Crippen LogP contribution is -2.26. The van der Waals surface area contributed by atoms with Crippen LogP contribution in [0, 0.1) is 11.8 Å². The van der Waals surface area contributed by atoms with E-state index < -0.39 is 0 Å². The summed E-state index contributed by atoms with van der Waals surface area (Å²) >= 11 is 0. The summed E-state index contributed by atoms with van der Waals surface area (Å²) < 4.78 is 0. The van der Waals surface area contributed by atoms with Gasteiger partial charge < -0.3 is 5.32 Å². The van der Waals surface area contributed by atoms with Gasteiger partial charge in [-0.25, -0.2) is 0 Å². The largest absolute Gasteiger partial charge is 0.312 e. The molecular formula is C10H15N. The topological polar surface area (TPSA) is 12.0 Å². The fourth-order valence-electron chi connectivity index (χ4n) is 1.25. The van der Waals surface area contributed by atoms with Gasteiger partial charge in [-0.15, -0.1) is 11.8 Å². The van der Waals surface area contributed by atoms with Gasteiger partial charge in [-0.3, -0.25) is 0 Å². The lowest BCUT2D eigenvalue weighted by Gasteiger charge is -2.09. The summed E-state index contributed by atoms with van der Waals surface area (Å²) in [6, 6.07) is 0.689. The van der Waals surface area contributed by atoms with Crippen LogP contribution in [-0.4, -0.2) is 12.6 Å². The normalized spacial score (nSPS) is 16.5. The predicted octanol–water partition coefficient (Wildman–Crippen LogP) is 1.71. The molecule has 0 saturated heterocycles. The van der Waals surface area contributed by atoms with Gasteiger partial charge in [0.05, 0.1) is 0 Å². The molecule has 0 amide bonds. The van der Waals surface area contributed by atoms with E-state index in [1.165, 1.54) is 12.8 Å². The van der Waals surface area contributed by atoms with E-state index in [-0.39, 0.29) is 0 Å². The van der Waals surface area contributed by atoms with Crippen LogP contribution in [0.25, 0.3) is 0 Å². The van der Waals surface area contributed by atoms with Crippen LogP contribution in [0.4, 0.5) is 0 Å². The summed E-state index contributed by atoms with van der Waals surface area (Å²) in [5, 5.41) is 3.45. The van der Waals surface area contributed by atoms with Crippen molar-refractivity contribution in [1.82, 2.24) is 5.32 Å². The summed E-state index contributed by atoms with van der Waals surface area (Å²) in [6.07, 6.45) is 7.85. The zero-order chi connectivity index (χ0) is 7.94. The van der Waals surface area contributed by atoms with Crippen LogP contribution in [-0.2, 0) is 0 Å². The van der Waals surface area contributed by atoms with Crippen molar-refractivity contribution in [1.29, 1.82) is 0 Å². The Morgan fingerprint density at radius 1 is 1.45 bits per heavy atom. The van der Waals surface area contributed by atoms with Crippen LogP contribution in [0.5, 0.6) is 0 Å². The molecule has 1 nitrogen and oxygen atoms in total. The van der Waals surface area contributed by atoms with Crippen molar-refractivity contribution in [2.45, 2.75) is 32.2 Å². The molecule has 1 aliphatic rings. The summed E-state index contributed by atoms with van der Waals surface area (Å²) in [4.78, 5) is 0. The minimum atomic E-state index is 0.689. The van der Waals surface area contributed by atoms with Gasteiger partial charge in [0.2, 0.25) is 0 Å². The fraction of sp³-hybridized carbons (Fsp3) is 0.600. The van der Waals surface area contributed by atoms with E-state index in [0.717, 1.165) is 13.0 Å². The van der Waals surface area contributed by atoms with Crippen molar-refractivity contribution in [2.24, 2.45) is 0 Å². The molecule has 1 aliphatic carbocycles. The Kier molecular flexibility index (Phi) is 3.79. The molecule has 0 aromatic carbocycles. The smallest absolute Gasteiger partial charge is 0.0214 e. The first-order valence-corrected chi connectivity index (χ1v) is 4.21. The monoisotopic (exact) mass is 149 g/mol. The maximum absolute atomic E-state index is 3.45. The molecule has 0 aliphatic heterocycles. The molecule has 0 aromatic rings. The molecule has 1 rings (SSSR count). The molecule has 0 radical (unpaired) electrons. The van der Waals surface area contributed by atoms with Gasteiger partial charge in [-0.2, -0.15) is 0 Å². The summed E-state index contributed by atoms with van der Waals surface area (Å²) in [5.41, 5.74) is 0. The second-order valence-corrected chi connectivity index (χ2v) is 2.77. The Hall–Kier alpha value is -0.740. The van der Waals surface area contributed by atoms with Gasteiger partial charge in [-0.05, 0) is 19.8 Å². The van der Waals surface area contributed by atoms with Crippen LogP contribution in [0.15, 0.2) is 12.2 Å². The Morgan fingerprint density at radius 2 is 2.18 bits per heavy atom. The maximum Gasteiger partial charge on any atom is 0.0214 e. The van der Waals surface area contributed by atoms with E-state index >= 15 is 0 Å². The number of nitrogens with one attached hydrogen (secondary N) is 1. The van der Waals surface area contributed by atoms with Crippen LogP contribution >= 0.6 is 0 Å². The molecule has 0 spiro atoms. The van der Waals surface area contributed by atoms with Gasteiger partial charge in [0.15, 0.2) is 0 Å². The summed E-state index contributed by atoms with van der Waals surface area (Å²) in [7, 11) is 0. The van der Waals surface area contributed by atoms with Crippen molar-refractivity contribution in [3.8, 4) is 11.8 Å². The van der Waals surface area contributed by atoms with Gasteiger partial charge in [-0.1, -0.05) is 12.2 Å².